The van der Waals surface area contributed by atoms with Gasteiger partial charge in [0.1, 0.15) is 0 Å². The summed E-state index contributed by atoms with van der Waals surface area (Å²) in [5.41, 5.74) is 3.61. The third kappa shape index (κ3) is 6.81. The molecule has 136 valence electrons. The van der Waals surface area contributed by atoms with Crippen molar-refractivity contribution in [2.45, 2.75) is 83.0 Å². The molecule has 2 nitrogen and oxygen atoms in total. The van der Waals surface area contributed by atoms with Gasteiger partial charge in [-0.15, -0.1) is 12.6 Å². The molecule has 1 aromatic heterocycles. The second-order valence-electron chi connectivity index (χ2n) is 6.89. The lowest BCUT2D eigenvalue weighted by atomic mass is 10.0. The summed E-state index contributed by atoms with van der Waals surface area (Å²) in [5, 5.41) is 0. The van der Waals surface area contributed by atoms with Crippen LogP contribution in [0.2, 0.25) is 0 Å². The van der Waals surface area contributed by atoms with Crippen LogP contribution in [0, 0.1) is 0 Å². The molecule has 0 saturated carbocycles. The van der Waals surface area contributed by atoms with Crippen molar-refractivity contribution in [3.63, 3.8) is 0 Å². The number of hydrogen-bond donors (Lipinski definition) is 1. The van der Waals surface area contributed by atoms with Crippen LogP contribution < -0.4 is 0 Å². The van der Waals surface area contributed by atoms with Crippen molar-refractivity contribution in [3.05, 3.63) is 41.7 Å². The second kappa shape index (κ2) is 11.3. The molecule has 1 heterocycles. The van der Waals surface area contributed by atoms with E-state index in [0.717, 1.165) is 29.1 Å². The Hall–Kier alpha value is -1.35. The zero-order valence-electron chi connectivity index (χ0n) is 15.8. The monoisotopic (exact) mass is 356 g/mol. The molecule has 1 aromatic carbocycles. The van der Waals surface area contributed by atoms with Gasteiger partial charge in [0.05, 0.1) is 0 Å². The number of unbranched alkanes of at least 4 members (excludes halogenated alkanes) is 6. The average Bonchev–Trinajstić information content (AvgIpc) is 2.63. The molecule has 0 N–H and O–H groups in total. The van der Waals surface area contributed by atoms with Crippen LogP contribution in [0.1, 0.15) is 76.3 Å². The van der Waals surface area contributed by atoms with Crippen LogP contribution in [0.25, 0.3) is 11.4 Å². The van der Waals surface area contributed by atoms with Gasteiger partial charge in [0.2, 0.25) is 0 Å². The first kappa shape index (κ1) is 20.0. The second-order valence-corrected chi connectivity index (χ2v) is 7.37. The lowest BCUT2D eigenvalue weighted by Gasteiger charge is -2.08. The maximum atomic E-state index is 4.66. The van der Waals surface area contributed by atoms with Crippen molar-refractivity contribution < 1.29 is 0 Å². The highest BCUT2D eigenvalue weighted by Gasteiger charge is 2.07. The fourth-order valence-electron chi connectivity index (χ4n) is 3.06. The van der Waals surface area contributed by atoms with Crippen LogP contribution >= 0.6 is 12.6 Å². The maximum Gasteiger partial charge on any atom is 0.160 e. The van der Waals surface area contributed by atoms with Crippen molar-refractivity contribution in [2.75, 3.05) is 0 Å². The molecule has 0 aliphatic rings. The standard InChI is InChI=1S/C22H32N2S/c1-3-5-7-8-10-12-19-16-23-22(24-17-19)20-14-13-18(15-21(20)25)11-9-6-4-2/h13-17,25H,3-12H2,1-2H3. The molecule has 0 aliphatic carbocycles. The fraction of sp³-hybridized carbons (Fsp3) is 0.545. The predicted molar refractivity (Wildman–Crippen MR) is 110 cm³/mol. The zero-order chi connectivity index (χ0) is 17.9. The van der Waals surface area contributed by atoms with Crippen LogP contribution in [0.15, 0.2) is 35.5 Å². The van der Waals surface area contributed by atoms with Crippen molar-refractivity contribution in [1.82, 2.24) is 9.97 Å². The van der Waals surface area contributed by atoms with E-state index in [1.165, 1.54) is 62.5 Å². The number of nitrogens with zero attached hydrogens (tertiary/aromatic N) is 2. The van der Waals surface area contributed by atoms with E-state index >= 15 is 0 Å². The van der Waals surface area contributed by atoms with E-state index in [-0.39, 0.29) is 0 Å². The van der Waals surface area contributed by atoms with Gasteiger partial charge in [0.25, 0.3) is 0 Å². The number of aromatic nitrogens is 2. The Morgan fingerprint density at radius 2 is 1.36 bits per heavy atom. The number of aryl methyl sites for hydroxylation is 2. The molecular formula is C22H32N2S. The van der Waals surface area contributed by atoms with E-state index < -0.39 is 0 Å². The van der Waals surface area contributed by atoms with Gasteiger partial charge < -0.3 is 0 Å². The summed E-state index contributed by atoms with van der Waals surface area (Å²) in [7, 11) is 0. The summed E-state index contributed by atoms with van der Waals surface area (Å²) >= 11 is 4.66. The van der Waals surface area contributed by atoms with Crippen LogP contribution in [0.4, 0.5) is 0 Å². The predicted octanol–water partition coefficient (Wildman–Crippen LogP) is 6.68. The third-order valence-electron chi connectivity index (χ3n) is 4.65. The quantitative estimate of drug-likeness (QED) is 0.359. The Balaban J connectivity index is 1.92. The van der Waals surface area contributed by atoms with Gasteiger partial charge in [0, 0.05) is 22.9 Å². The molecule has 0 radical (unpaired) electrons. The molecule has 0 amide bonds. The summed E-state index contributed by atoms with van der Waals surface area (Å²) in [6.45, 7) is 4.49. The maximum absolute atomic E-state index is 4.66. The summed E-state index contributed by atoms with van der Waals surface area (Å²) in [4.78, 5) is 10.1. The van der Waals surface area contributed by atoms with E-state index in [4.69, 9.17) is 0 Å². The minimum Gasteiger partial charge on any atom is -0.236 e. The van der Waals surface area contributed by atoms with Crippen molar-refractivity contribution in [2.24, 2.45) is 0 Å². The van der Waals surface area contributed by atoms with E-state index in [1.807, 2.05) is 12.4 Å². The first-order valence-corrected chi connectivity index (χ1v) is 10.3. The summed E-state index contributed by atoms with van der Waals surface area (Å²) in [6, 6.07) is 6.47. The molecule has 0 unspecified atom stereocenters. The Labute approximate surface area is 158 Å². The third-order valence-corrected chi connectivity index (χ3v) is 5.02. The molecule has 25 heavy (non-hydrogen) atoms. The Morgan fingerprint density at radius 1 is 0.760 bits per heavy atom. The molecule has 0 bridgehead atoms. The van der Waals surface area contributed by atoms with Gasteiger partial charge in [-0.2, -0.15) is 0 Å². The van der Waals surface area contributed by atoms with Crippen LogP contribution in [0.3, 0.4) is 0 Å². The molecule has 3 heteroatoms. The van der Waals surface area contributed by atoms with E-state index in [9.17, 15) is 0 Å². The minimum absolute atomic E-state index is 0.778. The fourth-order valence-corrected chi connectivity index (χ4v) is 3.40. The molecule has 0 aliphatic heterocycles. The summed E-state index contributed by atoms with van der Waals surface area (Å²) in [5.74, 6) is 0.778. The van der Waals surface area contributed by atoms with Crippen molar-refractivity contribution in [3.8, 4) is 11.4 Å². The van der Waals surface area contributed by atoms with Crippen molar-refractivity contribution in [1.29, 1.82) is 0 Å². The molecule has 0 fully saturated rings. The minimum atomic E-state index is 0.778. The topological polar surface area (TPSA) is 25.8 Å². The number of hydrogen-bond acceptors (Lipinski definition) is 3. The van der Waals surface area contributed by atoms with Crippen molar-refractivity contribution >= 4 is 12.6 Å². The largest absolute Gasteiger partial charge is 0.236 e. The van der Waals surface area contributed by atoms with Crippen LogP contribution in [0.5, 0.6) is 0 Å². The molecule has 0 saturated heterocycles. The first-order valence-electron chi connectivity index (χ1n) is 9.87. The molecule has 2 rings (SSSR count). The highest BCUT2D eigenvalue weighted by Crippen LogP contribution is 2.25. The highest BCUT2D eigenvalue weighted by molar-refractivity contribution is 7.80. The zero-order valence-corrected chi connectivity index (χ0v) is 16.7. The molecule has 0 spiro atoms. The average molecular weight is 357 g/mol. The van der Waals surface area contributed by atoms with Gasteiger partial charge in [0.15, 0.2) is 5.82 Å². The Kier molecular flexibility index (Phi) is 9.03. The van der Waals surface area contributed by atoms with E-state index in [1.54, 1.807) is 0 Å². The van der Waals surface area contributed by atoms with Gasteiger partial charge in [-0.05, 0) is 48.9 Å². The number of rotatable bonds is 11. The lowest BCUT2D eigenvalue weighted by molar-refractivity contribution is 0.631. The van der Waals surface area contributed by atoms with E-state index in [0.29, 0.717) is 0 Å². The summed E-state index contributed by atoms with van der Waals surface area (Å²) in [6.07, 6.45) is 16.4. The first-order chi connectivity index (χ1) is 12.2. The number of thiol groups is 1. The van der Waals surface area contributed by atoms with Crippen LogP contribution in [-0.2, 0) is 12.8 Å². The Morgan fingerprint density at radius 3 is 2.04 bits per heavy atom. The lowest BCUT2D eigenvalue weighted by Crippen LogP contribution is -1.95. The van der Waals surface area contributed by atoms with Gasteiger partial charge in [-0.3, -0.25) is 0 Å². The van der Waals surface area contributed by atoms with Gasteiger partial charge in [-0.1, -0.05) is 58.4 Å². The summed E-state index contributed by atoms with van der Waals surface area (Å²) < 4.78 is 0. The SMILES string of the molecule is CCCCCCCc1cnc(-c2ccc(CCCCC)cc2S)nc1. The normalized spacial score (nSPS) is 11.0. The smallest absolute Gasteiger partial charge is 0.160 e. The molecule has 2 aromatic rings. The molecular weight excluding hydrogens is 324 g/mol. The Bertz CT molecular complexity index is 622. The van der Waals surface area contributed by atoms with Crippen LogP contribution in [-0.4, -0.2) is 9.97 Å². The molecule has 0 atom stereocenters. The number of benzene rings is 1. The highest BCUT2D eigenvalue weighted by atomic mass is 32.1. The van der Waals surface area contributed by atoms with Gasteiger partial charge >= 0.3 is 0 Å². The van der Waals surface area contributed by atoms with E-state index in [2.05, 4.69) is 54.6 Å². The van der Waals surface area contributed by atoms with Gasteiger partial charge in [-0.25, -0.2) is 9.97 Å².